The van der Waals surface area contributed by atoms with Gasteiger partial charge >= 0.3 is 5.97 Å². The summed E-state index contributed by atoms with van der Waals surface area (Å²) in [5.74, 6) is -1.22. The molecule has 2 atom stereocenters. The fraction of sp³-hybridized carbons (Fsp3) is 0.565. The quantitative estimate of drug-likeness (QED) is 0.713. The molecule has 1 amide bonds. The van der Waals surface area contributed by atoms with Gasteiger partial charge in [0.05, 0.1) is 18.8 Å². The molecule has 0 unspecified atom stereocenters. The summed E-state index contributed by atoms with van der Waals surface area (Å²) in [7, 11) is 0. The van der Waals surface area contributed by atoms with Gasteiger partial charge in [0.15, 0.2) is 0 Å². The molecule has 2 heterocycles. The van der Waals surface area contributed by atoms with Crippen molar-refractivity contribution in [1.82, 2.24) is 9.88 Å². The van der Waals surface area contributed by atoms with Crippen LogP contribution in [0.2, 0.25) is 0 Å². The Morgan fingerprint density at radius 2 is 2.07 bits per heavy atom. The molecule has 1 saturated heterocycles. The summed E-state index contributed by atoms with van der Waals surface area (Å²) in [6.45, 7) is 9.97. The van der Waals surface area contributed by atoms with Crippen molar-refractivity contribution in [1.29, 1.82) is 0 Å². The second kappa shape index (κ2) is 7.38. The van der Waals surface area contributed by atoms with Crippen LogP contribution in [0.25, 0.3) is 10.9 Å². The lowest BCUT2D eigenvalue weighted by molar-refractivity contribution is -0.117. The SMILES string of the molecule is CCOC(=O)c1[nH]c2ccc(F)cc2c1NC(=O)CN1C[C@]2(C)C[C@H]1CC(C)(C)C2. The number of aromatic amines is 1. The molecule has 1 aromatic carbocycles. The number of fused-ring (bicyclic) bond motifs is 3. The summed E-state index contributed by atoms with van der Waals surface area (Å²) in [4.78, 5) is 30.6. The van der Waals surface area contributed by atoms with Crippen LogP contribution in [0.1, 0.15) is 57.4 Å². The molecule has 162 valence electrons. The Bertz CT molecular complexity index is 999. The zero-order chi connectivity index (χ0) is 21.7. The first-order chi connectivity index (χ1) is 14.1. The van der Waals surface area contributed by atoms with Gasteiger partial charge in [0, 0.05) is 23.5 Å². The Labute approximate surface area is 176 Å². The number of halogens is 1. The number of carbonyl (C=O) groups excluding carboxylic acids is 2. The highest BCUT2D eigenvalue weighted by molar-refractivity contribution is 6.11. The van der Waals surface area contributed by atoms with Crippen LogP contribution in [0.3, 0.4) is 0 Å². The van der Waals surface area contributed by atoms with Gasteiger partial charge in [0.25, 0.3) is 0 Å². The number of anilines is 1. The lowest BCUT2D eigenvalue weighted by atomic mass is 9.65. The molecule has 1 aliphatic heterocycles. The van der Waals surface area contributed by atoms with Gasteiger partial charge in [-0.05, 0) is 55.2 Å². The molecule has 30 heavy (non-hydrogen) atoms. The van der Waals surface area contributed by atoms with E-state index < -0.39 is 11.8 Å². The van der Waals surface area contributed by atoms with E-state index in [9.17, 15) is 14.0 Å². The maximum Gasteiger partial charge on any atom is 0.356 e. The number of amides is 1. The van der Waals surface area contributed by atoms with Crippen molar-refractivity contribution in [2.45, 2.75) is 53.0 Å². The maximum atomic E-state index is 13.9. The Kier molecular flexibility index (Phi) is 5.12. The second-order valence-electron chi connectivity index (χ2n) is 9.95. The van der Waals surface area contributed by atoms with Crippen molar-refractivity contribution < 1.29 is 18.7 Å². The molecule has 1 aliphatic carbocycles. The monoisotopic (exact) mass is 415 g/mol. The Balaban J connectivity index is 1.57. The molecule has 2 aliphatic rings. The minimum atomic E-state index is -0.573. The summed E-state index contributed by atoms with van der Waals surface area (Å²) in [5.41, 5.74) is 1.49. The van der Waals surface area contributed by atoms with Gasteiger partial charge in [-0.2, -0.15) is 0 Å². The minimum Gasteiger partial charge on any atom is -0.461 e. The van der Waals surface area contributed by atoms with E-state index in [2.05, 4.69) is 36.0 Å². The molecular formula is C23H30FN3O3. The van der Waals surface area contributed by atoms with Crippen LogP contribution in [0.4, 0.5) is 10.1 Å². The number of likely N-dealkylation sites (tertiary alicyclic amines) is 1. The first kappa shape index (κ1) is 20.8. The number of rotatable bonds is 5. The number of hydrogen-bond donors (Lipinski definition) is 2. The third-order valence-electron chi connectivity index (χ3n) is 6.37. The first-order valence-corrected chi connectivity index (χ1v) is 10.6. The topological polar surface area (TPSA) is 74.4 Å². The largest absolute Gasteiger partial charge is 0.461 e. The molecule has 2 fully saturated rings. The highest BCUT2D eigenvalue weighted by atomic mass is 19.1. The highest BCUT2D eigenvalue weighted by Gasteiger charge is 2.49. The van der Waals surface area contributed by atoms with E-state index in [-0.39, 0.29) is 41.3 Å². The molecule has 2 bridgehead atoms. The van der Waals surface area contributed by atoms with Gasteiger partial charge in [-0.15, -0.1) is 0 Å². The van der Waals surface area contributed by atoms with E-state index in [4.69, 9.17) is 4.74 Å². The van der Waals surface area contributed by atoms with E-state index in [1.807, 2.05) is 0 Å². The van der Waals surface area contributed by atoms with Gasteiger partial charge in [0.2, 0.25) is 5.91 Å². The van der Waals surface area contributed by atoms with E-state index in [1.54, 1.807) is 13.0 Å². The van der Waals surface area contributed by atoms with Gasteiger partial charge < -0.3 is 15.0 Å². The number of aromatic nitrogens is 1. The number of ether oxygens (including phenoxy) is 1. The standard InChI is InChI=1S/C23H30FN3O3/c1-5-30-21(29)20-19(16-8-14(24)6-7-17(16)25-20)26-18(28)11-27-13-23(4)10-15(27)9-22(2,3)12-23/h6-8,15,25H,5,9-13H2,1-4H3,(H,26,28)/t15-,23-/m1/s1. The molecule has 2 aromatic rings. The van der Waals surface area contributed by atoms with E-state index in [1.165, 1.54) is 12.1 Å². The lowest BCUT2D eigenvalue weighted by Gasteiger charge is -2.39. The number of esters is 1. The predicted molar refractivity (Wildman–Crippen MR) is 114 cm³/mol. The molecular weight excluding hydrogens is 385 g/mol. The normalized spacial score (nSPS) is 25.4. The van der Waals surface area contributed by atoms with Gasteiger partial charge in [0.1, 0.15) is 11.5 Å². The molecule has 7 heteroatoms. The van der Waals surface area contributed by atoms with Crippen molar-refractivity contribution in [3.05, 3.63) is 29.7 Å². The third kappa shape index (κ3) is 3.95. The zero-order valence-corrected chi connectivity index (χ0v) is 18.1. The summed E-state index contributed by atoms with van der Waals surface area (Å²) in [5, 5.41) is 3.32. The predicted octanol–water partition coefficient (Wildman–Crippen LogP) is 4.32. The first-order valence-electron chi connectivity index (χ1n) is 10.6. The van der Waals surface area contributed by atoms with Crippen molar-refractivity contribution in [3.8, 4) is 0 Å². The molecule has 4 rings (SSSR count). The van der Waals surface area contributed by atoms with E-state index >= 15 is 0 Å². The molecule has 6 nitrogen and oxygen atoms in total. The van der Waals surface area contributed by atoms with Gasteiger partial charge in [-0.3, -0.25) is 9.69 Å². The second-order valence-corrected chi connectivity index (χ2v) is 9.95. The lowest BCUT2D eigenvalue weighted by Crippen LogP contribution is -2.38. The van der Waals surface area contributed by atoms with Crippen molar-refractivity contribution in [3.63, 3.8) is 0 Å². The smallest absolute Gasteiger partial charge is 0.356 e. The average Bonchev–Trinajstić information content (AvgIpc) is 3.08. The third-order valence-corrected chi connectivity index (χ3v) is 6.37. The van der Waals surface area contributed by atoms with Crippen LogP contribution in [-0.4, -0.2) is 47.5 Å². The Morgan fingerprint density at radius 3 is 2.80 bits per heavy atom. The number of benzene rings is 1. The minimum absolute atomic E-state index is 0.138. The van der Waals surface area contributed by atoms with Crippen LogP contribution < -0.4 is 5.32 Å². The number of nitrogens with zero attached hydrogens (tertiary/aromatic N) is 1. The fourth-order valence-electron chi connectivity index (χ4n) is 5.78. The Hall–Kier alpha value is -2.41. The number of hydrogen-bond acceptors (Lipinski definition) is 4. The summed E-state index contributed by atoms with van der Waals surface area (Å²) < 4.78 is 19.0. The van der Waals surface area contributed by atoms with Crippen molar-refractivity contribution in [2.75, 3.05) is 25.0 Å². The zero-order valence-electron chi connectivity index (χ0n) is 18.1. The molecule has 1 saturated carbocycles. The number of H-pyrrole nitrogens is 1. The van der Waals surface area contributed by atoms with Gasteiger partial charge in [-0.1, -0.05) is 20.8 Å². The molecule has 2 N–H and O–H groups in total. The van der Waals surface area contributed by atoms with Crippen LogP contribution in [0.15, 0.2) is 18.2 Å². The van der Waals surface area contributed by atoms with Crippen LogP contribution in [0.5, 0.6) is 0 Å². The maximum absolute atomic E-state index is 13.9. The number of nitrogens with one attached hydrogen (secondary N) is 2. The summed E-state index contributed by atoms with van der Waals surface area (Å²) in [6, 6.07) is 4.56. The number of carbonyl (C=O) groups is 2. The van der Waals surface area contributed by atoms with Crippen LogP contribution in [0, 0.1) is 16.6 Å². The van der Waals surface area contributed by atoms with Crippen molar-refractivity contribution in [2.24, 2.45) is 10.8 Å². The average molecular weight is 416 g/mol. The summed E-state index contributed by atoms with van der Waals surface area (Å²) >= 11 is 0. The molecule has 1 aromatic heterocycles. The van der Waals surface area contributed by atoms with Crippen LogP contribution in [-0.2, 0) is 9.53 Å². The van der Waals surface area contributed by atoms with E-state index in [0.717, 1.165) is 25.8 Å². The Morgan fingerprint density at radius 1 is 1.30 bits per heavy atom. The summed E-state index contributed by atoms with van der Waals surface area (Å²) in [6.07, 6.45) is 3.33. The molecule has 0 spiro atoms. The van der Waals surface area contributed by atoms with Gasteiger partial charge in [-0.25, -0.2) is 9.18 Å². The fourth-order valence-corrected chi connectivity index (χ4v) is 5.78. The van der Waals surface area contributed by atoms with Crippen molar-refractivity contribution >= 4 is 28.5 Å². The molecule has 0 radical (unpaired) electrons. The highest BCUT2D eigenvalue weighted by Crippen LogP contribution is 2.52. The van der Waals surface area contributed by atoms with E-state index in [0.29, 0.717) is 16.9 Å². The van der Waals surface area contributed by atoms with Crippen LogP contribution >= 0.6 is 0 Å².